The molecule has 10 heteroatoms. The van der Waals surface area contributed by atoms with Crippen LogP contribution in [0.25, 0.3) is 0 Å². The molecule has 1 aromatic heterocycles. The molecule has 3 rings (SSSR count). The van der Waals surface area contributed by atoms with Gasteiger partial charge in [0.2, 0.25) is 0 Å². The van der Waals surface area contributed by atoms with Crippen LogP contribution in [0.15, 0.2) is 71.3 Å². The van der Waals surface area contributed by atoms with E-state index < -0.39 is 29.5 Å². The molecule has 7 nitrogen and oxygen atoms in total. The van der Waals surface area contributed by atoms with Crippen molar-refractivity contribution in [2.45, 2.75) is 6.18 Å². The fourth-order valence-corrected chi connectivity index (χ4v) is 2.43. The van der Waals surface area contributed by atoms with Crippen LogP contribution in [0.3, 0.4) is 0 Å². The van der Waals surface area contributed by atoms with Crippen LogP contribution in [0, 0.1) is 0 Å². The molecule has 154 valence electrons. The van der Waals surface area contributed by atoms with E-state index >= 15 is 0 Å². The topological polar surface area (TPSA) is 100 Å². The molecule has 3 amide bonds. The predicted octanol–water partition coefficient (Wildman–Crippen LogP) is 3.63. The average Bonchev–Trinajstić information content (AvgIpc) is 3.26. The lowest BCUT2D eigenvalue weighted by molar-refractivity contribution is -0.137. The number of amides is 3. The summed E-state index contributed by atoms with van der Waals surface area (Å²) in [5.41, 5.74) is 3.49. The molecule has 0 aliphatic carbocycles. The molecule has 0 aliphatic heterocycles. The fraction of sp³-hybridized carbons (Fsp3) is 0.0500. The van der Waals surface area contributed by atoms with Crippen molar-refractivity contribution in [2.75, 3.05) is 5.32 Å². The maximum atomic E-state index is 12.8. The van der Waals surface area contributed by atoms with Gasteiger partial charge in [-0.1, -0.05) is 12.1 Å². The number of alkyl halides is 3. The fourth-order valence-electron chi connectivity index (χ4n) is 2.43. The van der Waals surface area contributed by atoms with Gasteiger partial charge in [0.05, 0.1) is 11.8 Å². The molecule has 0 spiro atoms. The molecule has 0 radical (unpaired) electrons. The van der Waals surface area contributed by atoms with Crippen LogP contribution in [0.1, 0.15) is 36.8 Å². The Kier molecular flexibility index (Phi) is 5.86. The van der Waals surface area contributed by atoms with Gasteiger partial charge in [0.1, 0.15) is 0 Å². The number of benzene rings is 2. The van der Waals surface area contributed by atoms with Gasteiger partial charge >= 0.3 is 12.1 Å². The molecule has 0 atom stereocenters. The zero-order chi connectivity index (χ0) is 21.7. The van der Waals surface area contributed by atoms with E-state index in [4.69, 9.17) is 4.42 Å². The van der Waals surface area contributed by atoms with Crippen molar-refractivity contribution in [1.29, 1.82) is 0 Å². The first-order valence-electron chi connectivity index (χ1n) is 8.47. The number of carbonyl (C=O) groups excluding carboxylic acids is 3. The Hall–Kier alpha value is -4.08. The third-order valence-electron chi connectivity index (χ3n) is 3.87. The van der Waals surface area contributed by atoms with E-state index in [2.05, 4.69) is 16.2 Å². The van der Waals surface area contributed by atoms with Crippen molar-refractivity contribution in [2.24, 2.45) is 0 Å². The molecule has 0 bridgehead atoms. The molecule has 30 heavy (non-hydrogen) atoms. The van der Waals surface area contributed by atoms with E-state index in [1.54, 1.807) is 0 Å². The van der Waals surface area contributed by atoms with Gasteiger partial charge in [-0.3, -0.25) is 25.2 Å². The van der Waals surface area contributed by atoms with Gasteiger partial charge < -0.3 is 9.73 Å². The molecule has 0 aliphatic rings. The number of hydrogen-bond acceptors (Lipinski definition) is 4. The Bertz CT molecular complexity index is 1080. The Morgan fingerprint density at radius 3 is 2.10 bits per heavy atom. The lowest BCUT2D eigenvalue weighted by Crippen LogP contribution is -2.41. The third-order valence-corrected chi connectivity index (χ3v) is 3.87. The van der Waals surface area contributed by atoms with E-state index in [0.717, 1.165) is 18.2 Å². The Morgan fingerprint density at radius 2 is 1.43 bits per heavy atom. The molecular weight excluding hydrogens is 403 g/mol. The maximum absolute atomic E-state index is 12.8. The van der Waals surface area contributed by atoms with E-state index in [-0.39, 0.29) is 22.6 Å². The van der Waals surface area contributed by atoms with E-state index in [1.165, 1.54) is 48.7 Å². The minimum absolute atomic E-state index is 0.00241. The number of anilines is 1. The van der Waals surface area contributed by atoms with Crippen molar-refractivity contribution >= 4 is 23.4 Å². The normalized spacial score (nSPS) is 10.9. The summed E-state index contributed by atoms with van der Waals surface area (Å²) in [6, 6.07) is 12.5. The van der Waals surface area contributed by atoms with E-state index in [9.17, 15) is 27.6 Å². The summed E-state index contributed by atoms with van der Waals surface area (Å²) in [7, 11) is 0. The van der Waals surface area contributed by atoms with Crippen LogP contribution >= 0.6 is 0 Å². The summed E-state index contributed by atoms with van der Waals surface area (Å²) >= 11 is 0. The summed E-state index contributed by atoms with van der Waals surface area (Å²) in [5, 5.41) is 2.43. The Labute approximate surface area is 167 Å². The highest BCUT2D eigenvalue weighted by Crippen LogP contribution is 2.29. The molecule has 0 saturated carbocycles. The van der Waals surface area contributed by atoms with Crippen LogP contribution in [-0.2, 0) is 6.18 Å². The number of carbonyl (C=O) groups is 3. The minimum atomic E-state index is -4.58. The Morgan fingerprint density at radius 1 is 0.767 bits per heavy atom. The van der Waals surface area contributed by atoms with Gasteiger partial charge in [0.15, 0.2) is 5.76 Å². The van der Waals surface area contributed by atoms with Gasteiger partial charge in [0, 0.05) is 16.8 Å². The van der Waals surface area contributed by atoms with Crippen molar-refractivity contribution in [3.63, 3.8) is 0 Å². The van der Waals surface area contributed by atoms with Gasteiger partial charge in [-0.15, -0.1) is 0 Å². The first-order chi connectivity index (χ1) is 14.2. The average molecular weight is 417 g/mol. The first-order valence-corrected chi connectivity index (χ1v) is 8.47. The standard InChI is InChI=1S/C20H14F3N3O4/c21-20(22,23)14-6-1-4-12(10-14)17(27)24-15-7-2-5-13(11-15)18(28)25-26-19(29)16-8-3-9-30-16/h1-11H,(H,24,27)(H,25,28)(H,26,29). The van der Waals surface area contributed by atoms with Crippen molar-refractivity contribution in [1.82, 2.24) is 10.9 Å². The summed E-state index contributed by atoms with van der Waals surface area (Å²) in [5.74, 6) is -2.12. The number of hydrazine groups is 1. The van der Waals surface area contributed by atoms with Gasteiger partial charge in [0.25, 0.3) is 11.8 Å². The third kappa shape index (κ3) is 5.04. The van der Waals surface area contributed by atoms with E-state index in [1.807, 2.05) is 0 Å². The number of halogens is 3. The Balaban J connectivity index is 1.66. The summed E-state index contributed by atoms with van der Waals surface area (Å²) in [6.45, 7) is 0. The van der Waals surface area contributed by atoms with Crippen molar-refractivity contribution in [3.05, 3.63) is 89.4 Å². The van der Waals surface area contributed by atoms with Crippen LogP contribution < -0.4 is 16.2 Å². The highest BCUT2D eigenvalue weighted by Gasteiger charge is 2.30. The number of nitrogens with one attached hydrogen (secondary N) is 3. The second-order valence-corrected chi connectivity index (χ2v) is 6.00. The summed E-state index contributed by atoms with van der Waals surface area (Å²) < 4.78 is 43.3. The monoisotopic (exact) mass is 417 g/mol. The van der Waals surface area contributed by atoms with Gasteiger partial charge in [-0.2, -0.15) is 13.2 Å². The van der Waals surface area contributed by atoms with Gasteiger partial charge in [-0.05, 0) is 48.5 Å². The minimum Gasteiger partial charge on any atom is -0.459 e. The number of furan rings is 1. The summed E-state index contributed by atoms with van der Waals surface area (Å²) in [6.07, 6.45) is -3.28. The molecule has 1 heterocycles. The molecule has 3 N–H and O–H groups in total. The molecule has 3 aromatic rings. The lowest BCUT2D eigenvalue weighted by Gasteiger charge is -2.10. The first kappa shape index (κ1) is 20.6. The highest BCUT2D eigenvalue weighted by molar-refractivity contribution is 6.05. The lowest BCUT2D eigenvalue weighted by atomic mass is 10.1. The molecule has 0 unspecified atom stereocenters. The second kappa shape index (κ2) is 8.52. The highest BCUT2D eigenvalue weighted by atomic mass is 19.4. The quantitative estimate of drug-likeness (QED) is 0.565. The van der Waals surface area contributed by atoms with Gasteiger partial charge in [-0.25, -0.2) is 0 Å². The van der Waals surface area contributed by atoms with Crippen LogP contribution in [0.2, 0.25) is 0 Å². The molecule has 0 saturated heterocycles. The largest absolute Gasteiger partial charge is 0.459 e. The van der Waals surface area contributed by atoms with E-state index in [0.29, 0.717) is 0 Å². The second-order valence-electron chi connectivity index (χ2n) is 6.00. The SMILES string of the molecule is O=C(NNC(=O)c1ccco1)c1cccc(NC(=O)c2cccc(C(F)(F)F)c2)c1. The van der Waals surface area contributed by atoms with Crippen LogP contribution in [-0.4, -0.2) is 17.7 Å². The van der Waals surface area contributed by atoms with Crippen LogP contribution in [0.4, 0.5) is 18.9 Å². The maximum Gasteiger partial charge on any atom is 0.416 e. The summed E-state index contributed by atoms with van der Waals surface area (Å²) in [4.78, 5) is 36.2. The number of rotatable bonds is 4. The zero-order valence-corrected chi connectivity index (χ0v) is 15.1. The zero-order valence-electron chi connectivity index (χ0n) is 15.1. The predicted molar refractivity (Wildman–Crippen MR) is 99.5 cm³/mol. The molecule has 2 aromatic carbocycles. The van der Waals surface area contributed by atoms with Crippen LogP contribution in [0.5, 0.6) is 0 Å². The van der Waals surface area contributed by atoms with Crippen molar-refractivity contribution < 1.29 is 32.0 Å². The van der Waals surface area contributed by atoms with Crippen molar-refractivity contribution in [3.8, 4) is 0 Å². The number of hydrogen-bond donors (Lipinski definition) is 3. The molecule has 0 fully saturated rings. The molecular formula is C20H14F3N3O4. The smallest absolute Gasteiger partial charge is 0.416 e.